The fraction of sp³-hybridized carbons (Fsp3) is 0.182. The Kier molecular flexibility index (Phi) is 4.43. The van der Waals surface area contributed by atoms with E-state index in [-0.39, 0.29) is 11.9 Å². The van der Waals surface area contributed by atoms with E-state index in [0.717, 1.165) is 3.57 Å². The van der Waals surface area contributed by atoms with Crippen molar-refractivity contribution in [2.75, 3.05) is 0 Å². The molecule has 0 aliphatic heterocycles. The minimum Gasteiger partial charge on any atom is -0.339 e. The molecule has 1 aromatic carbocycles. The maximum atomic E-state index is 11.7. The Morgan fingerprint density at radius 2 is 2.33 bits per heavy atom. The van der Waals surface area contributed by atoms with Crippen molar-refractivity contribution in [3.63, 3.8) is 0 Å². The molecule has 1 unspecified atom stereocenters. The molecule has 0 aliphatic rings. The first-order chi connectivity index (χ1) is 7.04. The number of nitrogens with one attached hydrogen (secondary N) is 1. The third-order valence-corrected chi connectivity index (χ3v) is 2.95. The van der Waals surface area contributed by atoms with Gasteiger partial charge in [0.1, 0.15) is 0 Å². The van der Waals surface area contributed by atoms with Crippen molar-refractivity contribution in [3.8, 4) is 12.3 Å². The highest BCUT2D eigenvalue weighted by Gasteiger charge is 2.11. The number of rotatable bonds is 2. The number of carbonyl (C=O) groups excluding carboxylic acids is 1. The van der Waals surface area contributed by atoms with Gasteiger partial charge in [-0.1, -0.05) is 17.5 Å². The molecule has 0 aliphatic carbocycles. The lowest BCUT2D eigenvalue weighted by molar-refractivity contribution is 0.0947. The topological polar surface area (TPSA) is 29.1 Å². The van der Waals surface area contributed by atoms with Crippen LogP contribution in [0.4, 0.5) is 0 Å². The van der Waals surface area contributed by atoms with Crippen molar-refractivity contribution in [2.24, 2.45) is 0 Å². The number of hydrogen-bond donors (Lipinski definition) is 1. The first kappa shape index (κ1) is 12.3. The number of halogens is 2. The summed E-state index contributed by atoms with van der Waals surface area (Å²) in [5.41, 5.74) is 0.546. The van der Waals surface area contributed by atoms with E-state index in [1.54, 1.807) is 25.1 Å². The minimum absolute atomic E-state index is 0.202. The van der Waals surface area contributed by atoms with Crippen LogP contribution in [0, 0.1) is 15.9 Å². The molecule has 0 aromatic heterocycles. The van der Waals surface area contributed by atoms with Crippen LogP contribution >= 0.6 is 34.2 Å². The predicted molar refractivity (Wildman–Crippen MR) is 69.9 cm³/mol. The minimum atomic E-state index is -0.285. The molecule has 0 saturated heterocycles. The summed E-state index contributed by atoms with van der Waals surface area (Å²) in [7, 11) is 0. The normalized spacial score (nSPS) is 11.6. The first-order valence-corrected chi connectivity index (χ1v) is 5.72. The van der Waals surface area contributed by atoms with Crippen LogP contribution in [-0.2, 0) is 0 Å². The lowest BCUT2D eigenvalue weighted by Gasteiger charge is -2.09. The Hall–Kier alpha value is -0.730. The van der Waals surface area contributed by atoms with E-state index in [9.17, 15) is 4.79 Å². The number of benzene rings is 1. The monoisotopic (exact) mass is 333 g/mol. The standard InChI is InChI=1S/C11H9ClINO/c1-3-7(2)14-11(15)9-6-8(12)4-5-10(9)13/h1,4-7H,2H3,(H,14,15). The van der Waals surface area contributed by atoms with Gasteiger partial charge in [-0.3, -0.25) is 4.79 Å². The SMILES string of the molecule is C#CC(C)NC(=O)c1cc(Cl)ccc1I. The highest BCUT2D eigenvalue weighted by atomic mass is 127. The maximum absolute atomic E-state index is 11.7. The fourth-order valence-electron chi connectivity index (χ4n) is 0.988. The van der Waals surface area contributed by atoms with Crippen LogP contribution < -0.4 is 5.32 Å². The summed E-state index contributed by atoms with van der Waals surface area (Å²) in [5.74, 6) is 2.23. The van der Waals surface area contributed by atoms with Gasteiger partial charge in [0.05, 0.1) is 11.6 Å². The molecule has 1 atom stereocenters. The van der Waals surface area contributed by atoms with Gasteiger partial charge in [-0.25, -0.2) is 0 Å². The molecule has 1 N–H and O–H groups in total. The Labute approximate surface area is 108 Å². The molecule has 4 heteroatoms. The molecule has 0 bridgehead atoms. The summed E-state index contributed by atoms with van der Waals surface area (Å²) in [6.45, 7) is 1.75. The average molecular weight is 334 g/mol. The molecule has 78 valence electrons. The molecular formula is C11H9ClINO. The van der Waals surface area contributed by atoms with E-state index in [0.29, 0.717) is 10.6 Å². The quantitative estimate of drug-likeness (QED) is 0.654. The van der Waals surface area contributed by atoms with Crippen LogP contribution in [0.25, 0.3) is 0 Å². The molecule has 0 radical (unpaired) electrons. The Bertz CT molecular complexity index is 425. The van der Waals surface area contributed by atoms with Crippen LogP contribution in [0.3, 0.4) is 0 Å². The maximum Gasteiger partial charge on any atom is 0.253 e. The highest BCUT2D eigenvalue weighted by molar-refractivity contribution is 14.1. The molecule has 0 fully saturated rings. The second-order valence-electron chi connectivity index (χ2n) is 2.99. The molecule has 1 amide bonds. The van der Waals surface area contributed by atoms with Gasteiger partial charge in [-0.2, -0.15) is 0 Å². The summed E-state index contributed by atoms with van der Waals surface area (Å²) in [6.07, 6.45) is 5.17. The van der Waals surface area contributed by atoms with Gasteiger partial charge in [-0.15, -0.1) is 6.42 Å². The van der Waals surface area contributed by atoms with Gasteiger partial charge < -0.3 is 5.32 Å². The molecule has 0 heterocycles. The Morgan fingerprint density at radius 3 is 2.93 bits per heavy atom. The molecular weight excluding hydrogens is 324 g/mol. The molecule has 0 spiro atoms. The number of carbonyl (C=O) groups is 1. The zero-order valence-corrected chi connectivity index (χ0v) is 11.0. The molecule has 1 aromatic rings. The summed E-state index contributed by atoms with van der Waals surface area (Å²) >= 11 is 7.89. The molecule has 1 rings (SSSR count). The van der Waals surface area contributed by atoms with Gasteiger partial charge in [0.2, 0.25) is 0 Å². The van der Waals surface area contributed by atoms with Crippen molar-refractivity contribution in [1.29, 1.82) is 0 Å². The van der Waals surface area contributed by atoms with Crippen LogP contribution in [0.5, 0.6) is 0 Å². The van der Waals surface area contributed by atoms with Crippen molar-refractivity contribution in [3.05, 3.63) is 32.4 Å². The first-order valence-electron chi connectivity index (χ1n) is 4.26. The van der Waals surface area contributed by atoms with E-state index in [1.807, 2.05) is 0 Å². The summed E-state index contributed by atoms with van der Waals surface area (Å²) in [5, 5.41) is 3.21. The molecule has 2 nitrogen and oxygen atoms in total. The van der Waals surface area contributed by atoms with Gasteiger partial charge >= 0.3 is 0 Å². The van der Waals surface area contributed by atoms with Crippen LogP contribution in [0.2, 0.25) is 5.02 Å². The van der Waals surface area contributed by atoms with Crippen molar-refractivity contribution in [1.82, 2.24) is 5.32 Å². The molecule has 0 saturated carbocycles. The Morgan fingerprint density at radius 1 is 1.67 bits per heavy atom. The lowest BCUT2D eigenvalue weighted by atomic mass is 10.2. The zero-order valence-electron chi connectivity index (χ0n) is 8.05. The predicted octanol–water partition coefficient (Wildman–Crippen LogP) is 2.70. The van der Waals surface area contributed by atoms with E-state index < -0.39 is 0 Å². The van der Waals surface area contributed by atoms with Crippen molar-refractivity contribution in [2.45, 2.75) is 13.0 Å². The second kappa shape index (κ2) is 5.38. The number of hydrogen-bond acceptors (Lipinski definition) is 1. The van der Waals surface area contributed by atoms with Gasteiger partial charge in [0, 0.05) is 8.59 Å². The third-order valence-electron chi connectivity index (χ3n) is 1.77. The van der Waals surface area contributed by atoms with Crippen LogP contribution in [0.1, 0.15) is 17.3 Å². The van der Waals surface area contributed by atoms with Crippen molar-refractivity contribution >= 4 is 40.1 Å². The summed E-state index contributed by atoms with van der Waals surface area (Å²) < 4.78 is 0.846. The number of terminal acetylenes is 1. The van der Waals surface area contributed by atoms with Gasteiger partial charge in [0.25, 0.3) is 5.91 Å². The van der Waals surface area contributed by atoms with E-state index in [1.165, 1.54) is 0 Å². The number of amides is 1. The van der Waals surface area contributed by atoms with Crippen LogP contribution in [-0.4, -0.2) is 11.9 Å². The van der Waals surface area contributed by atoms with E-state index in [2.05, 4.69) is 33.8 Å². The lowest BCUT2D eigenvalue weighted by Crippen LogP contribution is -2.31. The summed E-state index contributed by atoms with van der Waals surface area (Å²) in [6, 6.07) is 4.87. The Balaban J connectivity index is 2.92. The average Bonchev–Trinajstić information content (AvgIpc) is 2.21. The van der Waals surface area contributed by atoms with Gasteiger partial charge in [-0.05, 0) is 47.7 Å². The van der Waals surface area contributed by atoms with E-state index >= 15 is 0 Å². The van der Waals surface area contributed by atoms with Crippen LogP contribution in [0.15, 0.2) is 18.2 Å². The van der Waals surface area contributed by atoms with Crippen molar-refractivity contribution < 1.29 is 4.79 Å². The fourth-order valence-corrected chi connectivity index (χ4v) is 1.74. The smallest absolute Gasteiger partial charge is 0.253 e. The highest BCUT2D eigenvalue weighted by Crippen LogP contribution is 2.17. The van der Waals surface area contributed by atoms with E-state index in [4.69, 9.17) is 18.0 Å². The molecule has 15 heavy (non-hydrogen) atoms. The summed E-state index contributed by atoms with van der Waals surface area (Å²) in [4.78, 5) is 11.7. The third kappa shape index (κ3) is 3.40. The zero-order chi connectivity index (χ0) is 11.4. The second-order valence-corrected chi connectivity index (χ2v) is 4.58. The largest absolute Gasteiger partial charge is 0.339 e. The van der Waals surface area contributed by atoms with Gasteiger partial charge in [0.15, 0.2) is 0 Å².